The number of benzene rings is 3. The molecule has 0 N–H and O–H groups in total. The zero-order chi connectivity index (χ0) is 26.4. The Bertz CT molecular complexity index is 1370. The summed E-state index contributed by atoms with van der Waals surface area (Å²) in [6.45, 7) is 2.35. The van der Waals surface area contributed by atoms with E-state index in [1.807, 2.05) is 18.2 Å². The number of halogens is 4. The van der Waals surface area contributed by atoms with Gasteiger partial charge in [-0.15, -0.1) is 0 Å². The van der Waals surface area contributed by atoms with Gasteiger partial charge in [0.1, 0.15) is 5.75 Å². The number of esters is 1. The van der Waals surface area contributed by atoms with Crippen molar-refractivity contribution in [2.75, 3.05) is 13.2 Å². The van der Waals surface area contributed by atoms with Gasteiger partial charge in [-0.25, -0.2) is 4.68 Å². The lowest BCUT2D eigenvalue weighted by atomic mass is 10.0. The van der Waals surface area contributed by atoms with E-state index in [0.29, 0.717) is 41.4 Å². The largest absolute Gasteiger partial charge is 0.493 e. The summed E-state index contributed by atoms with van der Waals surface area (Å²) in [4.78, 5) is 11.6. The van der Waals surface area contributed by atoms with Crippen molar-refractivity contribution in [2.24, 2.45) is 0 Å². The third kappa shape index (κ3) is 6.51. The van der Waals surface area contributed by atoms with Crippen LogP contribution in [0.25, 0.3) is 28.2 Å². The molecule has 0 bridgehead atoms. The average molecular weight is 620 g/mol. The highest BCUT2D eigenvalue weighted by molar-refractivity contribution is 14.1. The Kier molecular flexibility index (Phi) is 8.52. The van der Waals surface area contributed by atoms with Gasteiger partial charge in [0.2, 0.25) is 0 Å². The molecule has 0 saturated carbocycles. The van der Waals surface area contributed by atoms with E-state index in [1.54, 1.807) is 49.4 Å². The molecule has 1 aromatic heterocycles. The van der Waals surface area contributed by atoms with E-state index in [4.69, 9.17) is 14.6 Å². The van der Waals surface area contributed by atoms with Crippen molar-refractivity contribution < 1.29 is 27.4 Å². The number of carbonyl (C=O) groups excluding carboxylic acids is 1. The van der Waals surface area contributed by atoms with Crippen LogP contribution in [0.3, 0.4) is 0 Å². The molecule has 0 saturated heterocycles. The topological polar surface area (TPSA) is 53.4 Å². The summed E-state index contributed by atoms with van der Waals surface area (Å²) in [5.74, 6) is 0.237. The molecule has 5 nitrogen and oxygen atoms in total. The molecule has 0 spiro atoms. The highest BCUT2D eigenvalue weighted by Crippen LogP contribution is 2.40. The molecule has 3 aromatic carbocycles. The zero-order valence-corrected chi connectivity index (χ0v) is 22.1. The summed E-state index contributed by atoms with van der Waals surface area (Å²) in [6, 6.07) is 21.7. The quantitative estimate of drug-likeness (QED) is 0.110. The number of aromatic nitrogens is 2. The van der Waals surface area contributed by atoms with E-state index in [9.17, 15) is 18.0 Å². The first-order valence-electron chi connectivity index (χ1n) is 11.7. The Hall–Kier alpha value is -3.34. The summed E-state index contributed by atoms with van der Waals surface area (Å²) in [7, 11) is 0. The predicted octanol–water partition coefficient (Wildman–Crippen LogP) is 7.55. The molecule has 0 atom stereocenters. The maximum Gasteiger partial charge on any atom is 0.417 e. The molecule has 37 heavy (non-hydrogen) atoms. The van der Waals surface area contributed by atoms with Gasteiger partial charge in [0.15, 0.2) is 0 Å². The standard InChI is InChI=1S/C28H24F3IN2O3/c1-2-36-27(35)13-8-16-37-26-15-14-19(32)17-22(26)24-18-25(34(33-24)20-9-4-3-5-10-20)21-11-6-7-12-23(21)28(29,30)31/h3-7,9-12,14-15,17-18H,2,8,13,16H2,1H3. The molecule has 0 unspecified atom stereocenters. The highest BCUT2D eigenvalue weighted by atomic mass is 127. The van der Waals surface area contributed by atoms with E-state index < -0.39 is 11.7 Å². The average Bonchev–Trinajstić information content (AvgIpc) is 3.33. The maximum absolute atomic E-state index is 13.9. The van der Waals surface area contributed by atoms with Crippen molar-refractivity contribution in [1.29, 1.82) is 0 Å². The number of hydrogen-bond donors (Lipinski definition) is 0. The maximum atomic E-state index is 13.9. The van der Waals surface area contributed by atoms with E-state index in [-0.39, 0.29) is 24.6 Å². The van der Waals surface area contributed by atoms with E-state index >= 15 is 0 Å². The molecule has 0 amide bonds. The van der Waals surface area contributed by atoms with Crippen LogP contribution < -0.4 is 4.74 Å². The van der Waals surface area contributed by atoms with Gasteiger partial charge < -0.3 is 9.47 Å². The third-order valence-corrected chi connectivity index (χ3v) is 6.20. The highest BCUT2D eigenvalue weighted by Gasteiger charge is 2.34. The molecule has 0 radical (unpaired) electrons. The van der Waals surface area contributed by atoms with Crippen molar-refractivity contribution in [3.05, 3.63) is 88.0 Å². The number of alkyl halides is 3. The fourth-order valence-electron chi connectivity index (χ4n) is 3.88. The van der Waals surface area contributed by atoms with E-state index in [0.717, 1.165) is 9.64 Å². The summed E-state index contributed by atoms with van der Waals surface area (Å²) in [6.07, 6.45) is -3.83. The van der Waals surface area contributed by atoms with Crippen LogP contribution >= 0.6 is 22.6 Å². The van der Waals surface area contributed by atoms with Crippen LogP contribution in [0.1, 0.15) is 25.3 Å². The molecule has 4 rings (SSSR count). The molecule has 4 aromatic rings. The minimum atomic E-state index is -4.53. The lowest BCUT2D eigenvalue weighted by Gasteiger charge is -2.14. The van der Waals surface area contributed by atoms with Crippen LogP contribution in [0.4, 0.5) is 13.2 Å². The number of carbonyl (C=O) groups is 1. The van der Waals surface area contributed by atoms with Gasteiger partial charge in [-0.05, 0) is 78.4 Å². The van der Waals surface area contributed by atoms with Crippen LogP contribution in [0.5, 0.6) is 5.75 Å². The molecular weight excluding hydrogens is 596 g/mol. The Morgan fingerprint density at radius 2 is 1.70 bits per heavy atom. The summed E-state index contributed by atoms with van der Waals surface area (Å²) in [5, 5.41) is 4.72. The smallest absolute Gasteiger partial charge is 0.417 e. The molecule has 0 fully saturated rings. The second-order valence-corrected chi connectivity index (χ2v) is 9.35. The van der Waals surface area contributed by atoms with Gasteiger partial charge in [-0.2, -0.15) is 18.3 Å². The van der Waals surface area contributed by atoms with Gasteiger partial charge in [-0.3, -0.25) is 4.79 Å². The van der Waals surface area contributed by atoms with Crippen molar-refractivity contribution in [3.8, 4) is 34.0 Å². The second kappa shape index (κ2) is 11.8. The minimum Gasteiger partial charge on any atom is -0.493 e. The molecule has 192 valence electrons. The molecule has 0 aliphatic rings. The number of para-hydroxylation sites is 1. The first-order valence-corrected chi connectivity index (χ1v) is 12.8. The van der Waals surface area contributed by atoms with Crippen LogP contribution in [0.15, 0.2) is 78.9 Å². The Morgan fingerprint density at radius 3 is 2.43 bits per heavy atom. The Labute approximate surface area is 226 Å². The normalized spacial score (nSPS) is 11.4. The minimum absolute atomic E-state index is 0.0279. The van der Waals surface area contributed by atoms with Gasteiger partial charge in [-0.1, -0.05) is 36.4 Å². The van der Waals surface area contributed by atoms with Crippen LogP contribution in [-0.2, 0) is 15.7 Å². The Balaban J connectivity index is 1.76. The number of ether oxygens (including phenoxy) is 2. The third-order valence-electron chi connectivity index (χ3n) is 5.52. The predicted molar refractivity (Wildman–Crippen MR) is 144 cm³/mol. The van der Waals surface area contributed by atoms with Crippen LogP contribution in [0, 0.1) is 3.57 Å². The van der Waals surface area contributed by atoms with Crippen molar-refractivity contribution in [3.63, 3.8) is 0 Å². The molecule has 0 aliphatic heterocycles. The summed E-state index contributed by atoms with van der Waals surface area (Å²) in [5.41, 5.74) is 1.33. The van der Waals surface area contributed by atoms with E-state index in [2.05, 4.69) is 22.6 Å². The number of rotatable bonds is 9. The van der Waals surface area contributed by atoms with Crippen LogP contribution in [-0.4, -0.2) is 29.0 Å². The lowest BCUT2D eigenvalue weighted by Crippen LogP contribution is -2.08. The zero-order valence-electron chi connectivity index (χ0n) is 20.0. The van der Waals surface area contributed by atoms with Crippen LogP contribution in [0.2, 0.25) is 0 Å². The first kappa shape index (κ1) is 26.7. The van der Waals surface area contributed by atoms with Gasteiger partial charge in [0, 0.05) is 21.1 Å². The molecule has 1 heterocycles. The van der Waals surface area contributed by atoms with Gasteiger partial charge >= 0.3 is 12.1 Å². The fourth-order valence-corrected chi connectivity index (χ4v) is 4.38. The number of hydrogen-bond acceptors (Lipinski definition) is 4. The second-order valence-electron chi connectivity index (χ2n) is 8.10. The van der Waals surface area contributed by atoms with Gasteiger partial charge in [0.05, 0.1) is 35.9 Å². The van der Waals surface area contributed by atoms with Crippen molar-refractivity contribution in [1.82, 2.24) is 9.78 Å². The molecule has 0 aliphatic carbocycles. The summed E-state index contributed by atoms with van der Waals surface area (Å²) >= 11 is 2.17. The monoisotopic (exact) mass is 620 g/mol. The van der Waals surface area contributed by atoms with E-state index in [1.165, 1.54) is 16.8 Å². The number of nitrogens with zero attached hydrogens (tertiary/aromatic N) is 2. The molecular formula is C28H24F3IN2O3. The first-order chi connectivity index (χ1) is 17.8. The lowest BCUT2D eigenvalue weighted by molar-refractivity contribution is -0.143. The van der Waals surface area contributed by atoms with Crippen molar-refractivity contribution in [2.45, 2.75) is 25.9 Å². The Morgan fingerprint density at radius 1 is 0.973 bits per heavy atom. The SMILES string of the molecule is CCOC(=O)CCCOc1ccc(I)cc1-c1cc(-c2ccccc2C(F)(F)F)n(-c2ccccc2)n1. The van der Waals surface area contributed by atoms with Gasteiger partial charge in [0.25, 0.3) is 0 Å². The summed E-state index contributed by atoms with van der Waals surface area (Å²) < 4.78 is 55.1. The fraction of sp³-hybridized carbons (Fsp3) is 0.214. The molecule has 9 heteroatoms. The van der Waals surface area contributed by atoms with Crippen molar-refractivity contribution >= 4 is 28.6 Å².